The minimum atomic E-state index is -0.545. The molecule has 3 nitrogen and oxygen atoms in total. The predicted molar refractivity (Wildman–Crippen MR) is 106 cm³/mol. The van der Waals surface area contributed by atoms with E-state index in [1.54, 1.807) is 6.92 Å². The number of carbonyl (C=O) groups is 1. The SMILES string of the molecule is CC(Cl)C(=O)N(Cc1ccccc1)Cc1cccn1Cc1ccccc1. The highest BCUT2D eigenvalue weighted by Gasteiger charge is 2.20. The Hall–Kier alpha value is -2.52. The molecule has 0 radical (unpaired) electrons. The number of hydrogen-bond donors (Lipinski definition) is 0. The third-order valence-corrected chi connectivity index (χ3v) is 4.53. The van der Waals surface area contributed by atoms with Gasteiger partial charge in [0.1, 0.15) is 5.38 Å². The van der Waals surface area contributed by atoms with Crippen molar-refractivity contribution in [3.63, 3.8) is 0 Å². The lowest BCUT2D eigenvalue weighted by molar-refractivity contribution is -0.131. The molecule has 2 aromatic carbocycles. The van der Waals surface area contributed by atoms with E-state index in [0.717, 1.165) is 17.8 Å². The maximum absolute atomic E-state index is 12.6. The first kappa shape index (κ1) is 18.3. The molecule has 3 aromatic rings. The van der Waals surface area contributed by atoms with E-state index < -0.39 is 5.38 Å². The standard InChI is InChI=1S/C22H23ClN2O/c1-18(23)22(26)25(16-20-11-6-3-7-12-20)17-21-13-8-14-24(21)15-19-9-4-2-5-10-19/h2-14,18H,15-17H2,1H3. The molecule has 1 unspecified atom stereocenters. The molecule has 0 saturated heterocycles. The van der Waals surface area contributed by atoms with Crippen LogP contribution in [0, 0.1) is 0 Å². The Balaban J connectivity index is 1.79. The van der Waals surface area contributed by atoms with Crippen molar-refractivity contribution in [3.05, 3.63) is 95.8 Å². The largest absolute Gasteiger partial charge is 0.345 e. The fourth-order valence-corrected chi connectivity index (χ4v) is 3.13. The van der Waals surface area contributed by atoms with Gasteiger partial charge in [0, 0.05) is 25.0 Å². The summed E-state index contributed by atoms with van der Waals surface area (Å²) < 4.78 is 2.18. The van der Waals surface area contributed by atoms with E-state index in [4.69, 9.17) is 11.6 Å². The van der Waals surface area contributed by atoms with E-state index in [2.05, 4.69) is 29.0 Å². The van der Waals surface area contributed by atoms with E-state index in [0.29, 0.717) is 13.1 Å². The van der Waals surface area contributed by atoms with Crippen molar-refractivity contribution in [1.29, 1.82) is 0 Å². The van der Waals surface area contributed by atoms with Crippen LogP contribution in [0.2, 0.25) is 0 Å². The first-order chi connectivity index (χ1) is 12.6. The summed E-state index contributed by atoms with van der Waals surface area (Å²) in [4.78, 5) is 14.5. The van der Waals surface area contributed by atoms with Crippen LogP contribution in [0.25, 0.3) is 0 Å². The van der Waals surface area contributed by atoms with Gasteiger partial charge in [-0.25, -0.2) is 0 Å². The average Bonchev–Trinajstić information content (AvgIpc) is 3.09. The first-order valence-corrected chi connectivity index (χ1v) is 9.22. The minimum Gasteiger partial charge on any atom is -0.345 e. The van der Waals surface area contributed by atoms with E-state index in [9.17, 15) is 4.79 Å². The summed E-state index contributed by atoms with van der Waals surface area (Å²) in [6, 6.07) is 24.4. The number of amides is 1. The monoisotopic (exact) mass is 366 g/mol. The topological polar surface area (TPSA) is 25.2 Å². The van der Waals surface area contributed by atoms with E-state index in [-0.39, 0.29) is 5.91 Å². The summed E-state index contributed by atoms with van der Waals surface area (Å²) in [5.41, 5.74) is 3.42. The smallest absolute Gasteiger partial charge is 0.240 e. The summed E-state index contributed by atoms with van der Waals surface area (Å²) in [5, 5.41) is -0.545. The molecule has 0 aliphatic rings. The van der Waals surface area contributed by atoms with Crippen molar-refractivity contribution in [2.24, 2.45) is 0 Å². The maximum Gasteiger partial charge on any atom is 0.240 e. The number of nitrogens with zero attached hydrogens (tertiary/aromatic N) is 2. The molecule has 26 heavy (non-hydrogen) atoms. The first-order valence-electron chi connectivity index (χ1n) is 8.78. The number of halogens is 1. The van der Waals surface area contributed by atoms with Crippen LogP contribution >= 0.6 is 11.6 Å². The Labute approximate surface area is 159 Å². The van der Waals surface area contributed by atoms with Gasteiger partial charge in [-0.2, -0.15) is 0 Å². The summed E-state index contributed by atoms with van der Waals surface area (Å²) in [5.74, 6) is -0.0528. The third-order valence-electron chi connectivity index (χ3n) is 4.34. The van der Waals surface area contributed by atoms with Crippen LogP contribution in [0.4, 0.5) is 0 Å². The van der Waals surface area contributed by atoms with Crippen LogP contribution in [0.3, 0.4) is 0 Å². The van der Waals surface area contributed by atoms with Crippen molar-refractivity contribution >= 4 is 17.5 Å². The van der Waals surface area contributed by atoms with Crippen LogP contribution in [0.5, 0.6) is 0 Å². The van der Waals surface area contributed by atoms with Gasteiger partial charge in [0.15, 0.2) is 0 Å². The van der Waals surface area contributed by atoms with Crippen molar-refractivity contribution in [2.75, 3.05) is 0 Å². The Morgan fingerprint density at radius 1 is 0.923 bits per heavy atom. The molecule has 0 aliphatic heterocycles. The maximum atomic E-state index is 12.6. The Bertz CT molecular complexity index is 828. The lowest BCUT2D eigenvalue weighted by atomic mass is 10.2. The van der Waals surface area contributed by atoms with E-state index >= 15 is 0 Å². The molecule has 1 atom stereocenters. The van der Waals surface area contributed by atoms with Gasteiger partial charge in [-0.05, 0) is 30.2 Å². The molecule has 1 aromatic heterocycles. The van der Waals surface area contributed by atoms with Gasteiger partial charge in [-0.1, -0.05) is 60.7 Å². The van der Waals surface area contributed by atoms with Crippen molar-refractivity contribution in [1.82, 2.24) is 9.47 Å². The zero-order valence-corrected chi connectivity index (χ0v) is 15.6. The van der Waals surface area contributed by atoms with E-state index in [1.807, 2.05) is 59.5 Å². The molecule has 134 valence electrons. The zero-order valence-electron chi connectivity index (χ0n) is 14.9. The average molecular weight is 367 g/mol. The molecule has 0 aliphatic carbocycles. The lowest BCUT2D eigenvalue weighted by Crippen LogP contribution is -2.35. The van der Waals surface area contributed by atoms with E-state index in [1.165, 1.54) is 5.56 Å². The van der Waals surface area contributed by atoms with Gasteiger partial charge >= 0.3 is 0 Å². The third kappa shape index (κ3) is 4.77. The lowest BCUT2D eigenvalue weighted by Gasteiger charge is -2.25. The molecular weight excluding hydrogens is 344 g/mol. The van der Waals surface area contributed by atoms with Gasteiger partial charge in [0.25, 0.3) is 0 Å². The summed E-state index contributed by atoms with van der Waals surface area (Å²) >= 11 is 6.10. The van der Waals surface area contributed by atoms with Crippen LogP contribution in [0.15, 0.2) is 79.0 Å². The number of aromatic nitrogens is 1. The van der Waals surface area contributed by atoms with Crippen LogP contribution in [-0.2, 0) is 24.4 Å². The van der Waals surface area contributed by atoms with Gasteiger partial charge in [-0.15, -0.1) is 11.6 Å². The predicted octanol–water partition coefficient (Wildman–Crippen LogP) is 4.69. The second-order valence-electron chi connectivity index (χ2n) is 6.41. The molecule has 0 saturated carbocycles. The second-order valence-corrected chi connectivity index (χ2v) is 7.06. The number of rotatable bonds is 7. The van der Waals surface area contributed by atoms with Crippen LogP contribution in [-0.4, -0.2) is 20.8 Å². The Morgan fingerprint density at radius 2 is 1.54 bits per heavy atom. The Kier molecular flexibility index (Phi) is 6.13. The summed E-state index contributed by atoms with van der Waals surface area (Å²) in [6.07, 6.45) is 2.05. The number of benzene rings is 2. The molecule has 0 spiro atoms. The van der Waals surface area contributed by atoms with Crippen LogP contribution in [0.1, 0.15) is 23.7 Å². The van der Waals surface area contributed by atoms with Crippen molar-refractivity contribution < 1.29 is 4.79 Å². The molecular formula is C22H23ClN2O. The molecule has 0 bridgehead atoms. The molecule has 0 N–H and O–H groups in total. The number of carbonyl (C=O) groups excluding carboxylic acids is 1. The fourth-order valence-electron chi connectivity index (χ4n) is 2.99. The zero-order chi connectivity index (χ0) is 18.4. The van der Waals surface area contributed by atoms with Crippen molar-refractivity contribution in [2.45, 2.75) is 31.9 Å². The molecule has 0 fully saturated rings. The molecule has 3 rings (SSSR count). The minimum absolute atomic E-state index is 0.0528. The van der Waals surface area contributed by atoms with Crippen molar-refractivity contribution in [3.8, 4) is 0 Å². The quantitative estimate of drug-likeness (QED) is 0.557. The second kappa shape index (κ2) is 8.72. The van der Waals surface area contributed by atoms with Gasteiger partial charge < -0.3 is 9.47 Å². The highest BCUT2D eigenvalue weighted by Crippen LogP contribution is 2.15. The van der Waals surface area contributed by atoms with Gasteiger partial charge in [0.05, 0.1) is 6.54 Å². The van der Waals surface area contributed by atoms with Gasteiger partial charge in [-0.3, -0.25) is 4.79 Å². The summed E-state index contributed by atoms with van der Waals surface area (Å²) in [7, 11) is 0. The Morgan fingerprint density at radius 3 is 2.15 bits per heavy atom. The van der Waals surface area contributed by atoms with Gasteiger partial charge in [0.2, 0.25) is 5.91 Å². The highest BCUT2D eigenvalue weighted by molar-refractivity contribution is 6.30. The normalized spacial score (nSPS) is 11.9. The molecule has 1 amide bonds. The molecule has 1 heterocycles. The highest BCUT2D eigenvalue weighted by atomic mass is 35.5. The van der Waals surface area contributed by atoms with Crippen LogP contribution < -0.4 is 0 Å². The molecule has 4 heteroatoms. The number of hydrogen-bond acceptors (Lipinski definition) is 1. The number of alkyl halides is 1. The fraction of sp³-hybridized carbons (Fsp3) is 0.227. The summed E-state index contributed by atoms with van der Waals surface area (Å²) in [6.45, 7) is 3.59.